The van der Waals surface area contributed by atoms with Crippen LogP contribution in [0, 0.1) is 12.7 Å². The molecule has 21 heavy (non-hydrogen) atoms. The van der Waals surface area contributed by atoms with Crippen molar-refractivity contribution in [1.29, 1.82) is 0 Å². The lowest BCUT2D eigenvalue weighted by atomic mass is 10.1. The maximum atomic E-state index is 13.0. The topological polar surface area (TPSA) is 59.4 Å². The smallest absolute Gasteiger partial charge is 0.328 e. The number of benzene rings is 1. The summed E-state index contributed by atoms with van der Waals surface area (Å²) in [7, 11) is 0. The fourth-order valence-electron chi connectivity index (χ4n) is 1.79. The predicted molar refractivity (Wildman–Crippen MR) is 76.4 cm³/mol. The molecule has 0 fully saturated rings. The molecule has 1 heterocycles. The Labute approximate surface area is 121 Å². The molecule has 0 atom stereocenters. The highest BCUT2D eigenvalue weighted by Crippen LogP contribution is 2.22. The lowest BCUT2D eigenvalue weighted by Crippen LogP contribution is -1.99. The van der Waals surface area contributed by atoms with Crippen molar-refractivity contribution >= 4 is 12.0 Å². The standard InChI is InChI=1S/C16H14FNO3/c1-11-2-4-15(13(6-11)3-5-16(19)20)21-10-12-7-14(17)9-18-8-12/h2-9H,10H2,1H3,(H,19,20)/b5-3+. The molecule has 0 unspecified atom stereocenters. The van der Waals surface area contributed by atoms with E-state index in [1.807, 2.05) is 19.1 Å². The van der Waals surface area contributed by atoms with Crippen LogP contribution in [0.2, 0.25) is 0 Å². The van der Waals surface area contributed by atoms with Crippen molar-refractivity contribution in [2.24, 2.45) is 0 Å². The van der Waals surface area contributed by atoms with Crippen LogP contribution in [-0.4, -0.2) is 16.1 Å². The second-order valence-corrected chi connectivity index (χ2v) is 4.51. The molecule has 0 aliphatic rings. The highest BCUT2D eigenvalue weighted by atomic mass is 19.1. The summed E-state index contributed by atoms with van der Waals surface area (Å²) >= 11 is 0. The average Bonchev–Trinajstić information content (AvgIpc) is 2.44. The molecule has 0 saturated carbocycles. The number of aryl methyl sites for hydroxylation is 1. The molecular formula is C16H14FNO3. The van der Waals surface area contributed by atoms with Crippen LogP contribution in [0.5, 0.6) is 5.75 Å². The van der Waals surface area contributed by atoms with Gasteiger partial charge in [0.25, 0.3) is 0 Å². The lowest BCUT2D eigenvalue weighted by molar-refractivity contribution is -0.131. The third kappa shape index (κ3) is 4.42. The van der Waals surface area contributed by atoms with Crippen LogP contribution in [0.4, 0.5) is 4.39 Å². The van der Waals surface area contributed by atoms with Crippen molar-refractivity contribution in [3.8, 4) is 5.75 Å². The number of halogens is 1. The zero-order valence-corrected chi connectivity index (χ0v) is 11.4. The maximum absolute atomic E-state index is 13.0. The van der Waals surface area contributed by atoms with E-state index in [0.717, 1.165) is 17.8 Å². The minimum absolute atomic E-state index is 0.154. The minimum atomic E-state index is -1.03. The van der Waals surface area contributed by atoms with Gasteiger partial charge in [-0.15, -0.1) is 0 Å². The number of rotatable bonds is 5. The molecule has 0 aliphatic heterocycles. The summed E-state index contributed by atoms with van der Waals surface area (Å²) < 4.78 is 18.7. The maximum Gasteiger partial charge on any atom is 0.328 e. The van der Waals surface area contributed by atoms with Gasteiger partial charge >= 0.3 is 5.97 Å². The van der Waals surface area contributed by atoms with Gasteiger partial charge in [-0.3, -0.25) is 4.98 Å². The fourth-order valence-corrected chi connectivity index (χ4v) is 1.79. The summed E-state index contributed by atoms with van der Waals surface area (Å²) in [6, 6.07) is 6.77. The number of ether oxygens (including phenoxy) is 1. The number of carbonyl (C=O) groups is 1. The van der Waals surface area contributed by atoms with Crippen molar-refractivity contribution in [3.63, 3.8) is 0 Å². The Morgan fingerprint density at radius 1 is 1.38 bits per heavy atom. The highest BCUT2D eigenvalue weighted by molar-refractivity contribution is 5.85. The molecule has 0 bridgehead atoms. The fraction of sp³-hybridized carbons (Fsp3) is 0.125. The molecule has 0 spiro atoms. The number of hydrogen-bond acceptors (Lipinski definition) is 3. The van der Waals surface area contributed by atoms with E-state index in [9.17, 15) is 9.18 Å². The number of pyridine rings is 1. The predicted octanol–water partition coefficient (Wildman–Crippen LogP) is 3.21. The molecule has 0 radical (unpaired) electrons. The van der Waals surface area contributed by atoms with E-state index in [2.05, 4.69) is 4.98 Å². The molecule has 5 heteroatoms. The zero-order chi connectivity index (χ0) is 15.2. The van der Waals surface area contributed by atoms with Crippen molar-refractivity contribution in [2.45, 2.75) is 13.5 Å². The molecular weight excluding hydrogens is 273 g/mol. The van der Waals surface area contributed by atoms with Crippen LogP contribution < -0.4 is 4.74 Å². The number of carboxylic acid groups (broad SMARTS) is 1. The van der Waals surface area contributed by atoms with Gasteiger partial charge in [0, 0.05) is 23.4 Å². The second kappa shape index (κ2) is 6.65. The Hall–Kier alpha value is -2.69. The summed E-state index contributed by atoms with van der Waals surface area (Å²) in [5.74, 6) is -0.926. The normalized spacial score (nSPS) is 10.8. The van der Waals surface area contributed by atoms with E-state index in [0.29, 0.717) is 16.9 Å². The van der Waals surface area contributed by atoms with Crippen LogP contribution in [-0.2, 0) is 11.4 Å². The Kier molecular flexibility index (Phi) is 4.66. The minimum Gasteiger partial charge on any atom is -0.488 e. The van der Waals surface area contributed by atoms with Gasteiger partial charge in [-0.2, -0.15) is 0 Å². The molecule has 2 rings (SSSR count). The third-order valence-corrected chi connectivity index (χ3v) is 2.73. The first kappa shape index (κ1) is 14.7. The van der Waals surface area contributed by atoms with E-state index in [1.54, 1.807) is 6.07 Å². The van der Waals surface area contributed by atoms with Gasteiger partial charge < -0.3 is 9.84 Å². The van der Waals surface area contributed by atoms with Gasteiger partial charge in [0.15, 0.2) is 0 Å². The lowest BCUT2D eigenvalue weighted by Gasteiger charge is -2.10. The number of hydrogen-bond donors (Lipinski definition) is 1. The van der Waals surface area contributed by atoms with E-state index in [4.69, 9.17) is 9.84 Å². The van der Waals surface area contributed by atoms with Crippen molar-refractivity contribution < 1.29 is 19.0 Å². The first-order valence-corrected chi connectivity index (χ1v) is 6.28. The largest absolute Gasteiger partial charge is 0.488 e. The van der Waals surface area contributed by atoms with Crippen molar-refractivity contribution in [2.75, 3.05) is 0 Å². The third-order valence-electron chi connectivity index (χ3n) is 2.73. The SMILES string of the molecule is Cc1ccc(OCc2cncc(F)c2)c(/C=C/C(=O)O)c1. The number of carboxylic acids is 1. The Morgan fingerprint density at radius 2 is 2.19 bits per heavy atom. The van der Waals surface area contributed by atoms with Gasteiger partial charge in [-0.25, -0.2) is 9.18 Å². The molecule has 0 saturated heterocycles. The van der Waals surface area contributed by atoms with Crippen molar-refractivity contribution in [3.05, 3.63) is 65.2 Å². The van der Waals surface area contributed by atoms with Crippen LogP contribution in [0.3, 0.4) is 0 Å². The molecule has 1 aromatic carbocycles. The van der Waals surface area contributed by atoms with Crippen LogP contribution in [0.25, 0.3) is 6.08 Å². The summed E-state index contributed by atoms with van der Waals surface area (Å²) in [4.78, 5) is 14.4. The van der Waals surface area contributed by atoms with Crippen LogP contribution in [0.1, 0.15) is 16.7 Å². The molecule has 1 aromatic heterocycles. The van der Waals surface area contributed by atoms with Gasteiger partial charge in [0.2, 0.25) is 0 Å². The first-order chi connectivity index (χ1) is 10.0. The summed E-state index contributed by atoms with van der Waals surface area (Å²) in [6.45, 7) is 2.06. The molecule has 4 nitrogen and oxygen atoms in total. The van der Waals surface area contributed by atoms with E-state index in [-0.39, 0.29) is 6.61 Å². The number of aliphatic carboxylic acids is 1. The molecule has 2 aromatic rings. The number of nitrogens with zero attached hydrogens (tertiary/aromatic N) is 1. The second-order valence-electron chi connectivity index (χ2n) is 4.51. The zero-order valence-electron chi connectivity index (χ0n) is 11.4. The molecule has 0 amide bonds. The van der Waals surface area contributed by atoms with Gasteiger partial charge in [-0.1, -0.05) is 11.6 Å². The molecule has 1 N–H and O–H groups in total. The highest BCUT2D eigenvalue weighted by Gasteiger charge is 2.04. The summed E-state index contributed by atoms with van der Waals surface area (Å²) in [6.07, 6.45) is 5.15. The van der Waals surface area contributed by atoms with Crippen LogP contribution in [0.15, 0.2) is 42.7 Å². The summed E-state index contributed by atoms with van der Waals surface area (Å²) in [5, 5.41) is 8.70. The van der Waals surface area contributed by atoms with Gasteiger partial charge in [0.05, 0.1) is 6.20 Å². The van der Waals surface area contributed by atoms with Gasteiger partial charge in [0.1, 0.15) is 18.2 Å². The Morgan fingerprint density at radius 3 is 2.90 bits per heavy atom. The Balaban J connectivity index is 2.17. The summed E-state index contributed by atoms with van der Waals surface area (Å²) in [5.41, 5.74) is 2.24. The monoisotopic (exact) mass is 287 g/mol. The van der Waals surface area contributed by atoms with E-state index >= 15 is 0 Å². The molecule has 108 valence electrons. The van der Waals surface area contributed by atoms with E-state index < -0.39 is 11.8 Å². The van der Waals surface area contributed by atoms with Crippen LogP contribution >= 0.6 is 0 Å². The molecule has 0 aliphatic carbocycles. The number of aromatic nitrogens is 1. The quantitative estimate of drug-likeness (QED) is 0.858. The first-order valence-electron chi connectivity index (χ1n) is 6.28. The van der Waals surface area contributed by atoms with Gasteiger partial charge in [-0.05, 0) is 31.2 Å². The average molecular weight is 287 g/mol. The van der Waals surface area contributed by atoms with Crippen molar-refractivity contribution in [1.82, 2.24) is 4.98 Å². The van der Waals surface area contributed by atoms with E-state index in [1.165, 1.54) is 18.3 Å². The Bertz CT molecular complexity index is 683.